The zero-order valence-corrected chi connectivity index (χ0v) is 9.32. The van der Waals surface area contributed by atoms with E-state index in [0.717, 1.165) is 6.26 Å². The highest BCUT2D eigenvalue weighted by molar-refractivity contribution is 7.92. The molecule has 0 aromatic heterocycles. The monoisotopic (exact) mass is 245 g/mol. The van der Waals surface area contributed by atoms with Crippen LogP contribution in [0.4, 0.5) is 5.69 Å². The molecule has 0 saturated carbocycles. The third kappa shape index (κ3) is 4.18. The highest BCUT2D eigenvalue weighted by atomic mass is 32.2. The fourth-order valence-electron chi connectivity index (χ4n) is 1.02. The van der Waals surface area contributed by atoms with Gasteiger partial charge in [0.05, 0.1) is 11.9 Å². The number of carboxylic acids is 1. The van der Waals surface area contributed by atoms with Crippen LogP contribution >= 0.6 is 0 Å². The number of carboxylic acid groups (broad SMARTS) is 1. The van der Waals surface area contributed by atoms with Crippen LogP contribution in [0.1, 0.15) is 0 Å². The third-order valence-corrected chi connectivity index (χ3v) is 2.12. The molecule has 1 aromatic rings. The van der Waals surface area contributed by atoms with Crippen LogP contribution in [0.15, 0.2) is 24.3 Å². The van der Waals surface area contributed by atoms with Crippen molar-refractivity contribution in [1.29, 1.82) is 0 Å². The van der Waals surface area contributed by atoms with Crippen molar-refractivity contribution in [2.45, 2.75) is 0 Å². The molecule has 16 heavy (non-hydrogen) atoms. The lowest BCUT2D eigenvalue weighted by Crippen LogP contribution is -2.13. The maximum absolute atomic E-state index is 11.0. The average molecular weight is 245 g/mol. The molecule has 0 heterocycles. The van der Waals surface area contributed by atoms with E-state index in [-0.39, 0.29) is 11.4 Å². The van der Waals surface area contributed by atoms with Gasteiger partial charge in [-0.25, -0.2) is 13.2 Å². The first kappa shape index (κ1) is 12.3. The number of sulfonamides is 1. The van der Waals surface area contributed by atoms with E-state index in [1.807, 2.05) is 0 Å². The van der Waals surface area contributed by atoms with Crippen LogP contribution in [-0.2, 0) is 14.8 Å². The summed E-state index contributed by atoms with van der Waals surface area (Å²) in [6, 6.07) is 6.19. The number of para-hydroxylation sites is 2. The van der Waals surface area contributed by atoms with E-state index in [2.05, 4.69) is 4.72 Å². The summed E-state index contributed by atoms with van der Waals surface area (Å²) in [6.07, 6.45) is 1.00. The number of benzene rings is 1. The summed E-state index contributed by atoms with van der Waals surface area (Å²) in [4.78, 5) is 10.3. The highest BCUT2D eigenvalue weighted by Gasteiger charge is 2.08. The molecule has 0 amide bonds. The van der Waals surface area contributed by atoms with Crippen LogP contribution in [0.5, 0.6) is 5.75 Å². The van der Waals surface area contributed by atoms with Crippen molar-refractivity contribution >= 4 is 21.7 Å². The summed E-state index contributed by atoms with van der Waals surface area (Å²) >= 11 is 0. The van der Waals surface area contributed by atoms with Gasteiger partial charge in [0.2, 0.25) is 10.0 Å². The van der Waals surface area contributed by atoms with Gasteiger partial charge in [-0.05, 0) is 12.1 Å². The van der Waals surface area contributed by atoms with Gasteiger partial charge in [0.15, 0.2) is 6.61 Å². The molecule has 2 N–H and O–H groups in total. The smallest absolute Gasteiger partial charge is 0.341 e. The average Bonchev–Trinajstić information content (AvgIpc) is 2.14. The Morgan fingerprint density at radius 2 is 2.06 bits per heavy atom. The lowest BCUT2D eigenvalue weighted by molar-refractivity contribution is -0.139. The lowest BCUT2D eigenvalue weighted by atomic mass is 10.3. The molecular formula is C9H11NO5S. The van der Waals surface area contributed by atoms with Gasteiger partial charge < -0.3 is 9.84 Å². The molecule has 0 bridgehead atoms. The van der Waals surface area contributed by atoms with Crippen LogP contribution in [-0.4, -0.2) is 32.4 Å². The Balaban J connectivity index is 2.87. The molecule has 0 aliphatic heterocycles. The van der Waals surface area contributed by atoms with Crippen molar-refractivity contribution in [2.24, 2.45) is 0 Å². The molecule has 1 rings (SSSR count). The minimum Gasteiger partial charge on any atom is -0.480 e. The third-order valence-electron chi connectivity index (χ3n) is 1.53. The van der Waals surface area contributed by atoms with E-state index >= 15 is 0 Å². The summed E-state index contributed by atoms with van der Waals surface area (Å²) in [6.45, 7) is -0.525. The van der Waals surface area contributed by atoms with Crippen molar-refractivity contribution in [2.75, 3.05) is 17.6 Å². The highest BCUT2D eigenvalue weighted by Crippen LogP contribution is 2.24. The predicted molar refractivity (Wildman–Crippen MR) is 58.0 cm³/mol. The second kappa shape index (κ2) is 4.84. The number of hydrogen-bond acceptors (Lipinski definition) is 4. The molecule has 1 aromatic carbocycles. The van der Waals surface area contributed by atoms with Crippen LogP contribution in [0, 0.1) is 0 Å². The van der Waals surface area contributed by atoms with Crippen molar-refractivity contribution in [3.63, 3.8) is 0 Å². The zero-order valence-electron chi connectivity index (χ0n) is 8.50. The fourth-order valence-corrected chi connectivity index (χ4v) is 1.58. The Bertz CT molecular complexity index is 482. The minimum absolute atomic E-state index is 0.176. The number of anilines is 1. The Labute approximate surface area is 92.9 Å². The Hall–Kier alpha value is -1.76. The molecule has 0 aliphatic carbocycles. The van der Waals surface area contributed by atoms with Crippen molar-refractivity contribution < 1.29 is 23.1 Å². The molecule has 0 aliphatic rings. The summed E-state index contributed by atoms with van der Waals surface area (Å²) < 4.78 is 29.2. The summed E-state index contributed by atoms with van der Waals surface area (Å²) in [5.41, 5.74) is 0.214. The van der Waals surface area contributed by atoms with Crippen LogP contribution in [0.2, 0.25) is 0 Å². The van der Waals surface area contributed by atoms with Crippen LogP contribution in [0.3, 0.4) is 0 Å². The molecule has 0 spiro atoms. The second-order valence-electron chi connectivity index (χ2n) is 3.05. The fraction of sp³-hybridized carbons (Fsp3) is 0.222. The number of carbonyl (C=O) groups is 1. The summed E-state index contributed by atoms with van der Waals surface area (Å²) in [7, 11) is -3.42. The maximum Gasteiger partial charge on any atom is 0.341 e. The molecule has 0 radical (unpaired) electrons. The molecular weight excluding hydrogens is 234 g/mol. The molecule has 0 saturated heterocycles. The van der Waals surface area contributed by atoms with Gasteiger partial charge in [-0.3, -0.25) is 4.72 Å². The lowest BCUT2D eigenvalue weighted by Gasteiger charge is -2.10. The molecule has 88 valence electrons. The van der Waals surface area contributed by atoms with Gasteiger partial charge in [0, 0.05) is 0 Å². The number of hydrogen-bond donors (Lipinski definition) is 2. The Morgan fingerprint density at radius 1 is 1.44 bits per heavy atom. The van der Waals surface area contributed by atoms with Gasteiger partial charge in [-0.15, -0.1) is 0 Å². The number of aliphatic carboxylic acids is 1. The van der Waals surface area contributed by atoms with Crippen LogP contribution < -0.4 is 9.46 Å². The van der Waals surface area contributed by atoms with E-state index in [1.165, 1.54) is 12.1 Å². The van der Waals surface area contributed by atoms with Crippen LogP contribution in [0.25, 0.3) is 0 Å². The van der Waals surface area contributed by atoms with Gasteiger partial charge in [-0.2, -0.15) is 0 Å². The zero-order chi connectivity index (χ0) is 12.2. The molecule has 0 fully saturated rings. The summed E-state index contributed by atoms with van der Waals surface area (Å²) in [5.74, 6) is -0.954. The molecule has 0 unspecified atom stereocenters. The molecule has 7 heteroatoms. The van der Waals surface area contributed by atoms with E-state index < -0.39 is 22.6 Å². The normalized spacial score (nSPS) is 10.8. The largest absolute Gasteiger partial charge is 0.480 e. The predicted octanol–water partition coefficient (Wildman–Crippen LogP) is 0.521. The maximum atomic E-state index is 11.0. The van der Waals surface area contributed by atoms with Gasteiger partial charge in [-0.1, -0.05) is 12.1 Å². The molecule has 0 atom stereocenters. The standard InChI is InChI=1S/C9H11NO5S/c1-16(13,14)10-7-4-2-3-5-8(7)15-6-9(11)12/h2-5,10H,6H2,1H3,(H,11,12). The number of ether oxygens (including phenoxy) is 1. The SMILES string of the molecule is CS(=O)(=O)Nc1ccccc1OCC(=O)O. The van der Waals surface area contributed by atoms with E-state index in [9.17, 15) is 13.2 Å². The van der Waals surface area contributed by atoms with Gasteiger partial charge in [0.25, 0.3) is 0 Å². The van der Waals surface area contributed by atoms with Gasteiger partial charge >= 0.3 is 5.97 Å². The first-order valence-corrected chi connectivity index (χ1v) is 6.19. The van der Waals surface area contributed by atoms with Gasteiger partial charge in [0.1, 0.15) is 5.75 Å². The minimum atomic E-state index is -3.42. The van der Waals surface area contributed by atoms with E-state index in [1.54, 1.807) is 12.1 Å². The Morgan fingerprint density at radius 3 is 2.62 bits per heavy atom. The number of nitrogens with one attached hydrogen (secondary N) is 1. The molecule has 6 nitrogen and oxygen atoms in total. The topological polar surface area (TPSA) is 92.7 Å². The second-order valence-corrected chi connectivity index (χ2v) is 4.80. The first-order chi connectivity index (χ1) is 7.38. The Kier molecular flexibility index (Phi) is 3.73. The summed E-state index contributed by atoms with van der Waals surface area (Å²) in [5, 5.41) is 8.43. The van der Waals surface area contributed by atoms with Crippen molar-refractivity contribution in [3.8, 4) is 5.75 Å². The number of rotatable bonds is 5. The first-order valence-electron chi connectivity index (χ1n) is 4.30. The quantitative estimate of drug-likeness (QED) is 0.789. The van der Waals surface area contributed by atoms with Crippen molar-refractivity contribution in [3.05, 3.63) is 24.3 Å². The van der Waals surface area contributed by atoms with Crippen molar-refractivity contribution in [1.82, 2.24) is 0 Å². The van der Waals surface area contributed by atoms with E-state index in [0.29, 0.717) is 0 Å². The van der Waals surface area contributed by atoms with E-state index in [4.69, 9.17) is 9.84 Å².